The van der Waals surface area contributed by atoms with Gasteiger partial charge in [-0.3, -0.25) is 0 Å². The van der Waals surface area contributed by atoms with Crippen molar-refractivity contribution in [3.8, 4) is 11.3 Å². The smallest absolute Gasteiger partial charge is 0.116 e. The van der Waals surface area contributed by atoms with Crippen LogP contribution in [0.25, 0.3) is 11.3 Å². The summed E-state index contributed by atoms with van der Waals surface area (Å²) in [5.74, 6) is 0. The van der Waals surface area contributed by atoms with Crippen molar-refractivity contribution in [3.05, 3.63) is 35.5 Å². The van der Waals surface area contributed by atoms with Crippen molar-refractivity contribution < 1.29 is 0 Å². The first-order valence-electron chi connectivity index (χ1n) is 6.28. The molecule has 3 nitrogen and oxygen atoms in total. The Morgan fingerprint density at radius 3 is 2.71 bits per heavy atom. The Labute approximate surface area is 102 Å². The van der Waals surface area contributed by atoms with Crippen molar-refractivity contribution in [2.75, 3.05) is 0 Å². The van der Waals surface area contributed by atoms with Crippen LogP contribution >= 0.6 is 0 Å². The number of nitrogens with one attached hydrogen (secondary N) is 1. The summed E-state index contributed by atoms with van der Waals surface area (Å²) in [5.41, 5.74) is 4.54. The normalized spacial score (nSPS) is 10.7. The molecule has 17 heavy (non-hydrogen) atoms. The number of benzene rings is 1. The zero-order valence-electron chi connectivity index (χ0n) is 10.5. The van der Waals surface area contributed by atoms with Gasteiger partial charge < -0.3 is 0 Å². The van der Waals surface area contributed by atoms with Crippen LogP contribution in [0.3, 0.4) is 0 Å². The van der Waals surface area contributed by atoms with Gasteiger partial charge in [-0.15, -0.1) is 0 Å². The molecule has 0 saturated carbocycles. The van der Waals surface area contributed by atoms with E-state index in [1.54, 1.807) is 0 Å². The molecule has 0 unspecified atom stereocenters. The lowest BCUT2D eigenvalue weighted by atomic mass is 10.0. The van der Waals surface area contributed by atoms with Gasteiger partial charge in [-0.2, -0.15) is 15.4 Å². The third-order valence-corrected chi connectivity index (χ3v) is 3.04. The van der Waals surface area contributed by atoms with E-state index in [0.29, 0.717) is 0 Å². The van der Waals surface area contributed by atoms with Gasteiger partial charge in [-0.05, 0) is 25.3 Å². The average Bonchev–Trinajstić information content (AvgIpc) is 2.78. The lowest BCUT2D eigenvalue weighted by molar-refractivity contribution is 0.705. The van der Waals surface area contributed by atoms with E-state index >= 15 is 0 Å². The molecule has 3 heteroatoms. The average molecular weight is 229 g/mol. The summed E-state index contributed by atoms with van der Waals surface area (Å²) in [7, 11) is 0. The molecule has 0 bridgehead atoms. The molecule has 2 rings (SSSR count). The van der Waals surface area contributed by atoms with Gasteiger partial charge in [0.1, 0.15) is 5.69 Å². The SMILES string of the molecule is CCCCCc1n[nH]nc1-c1ccccc1C. The second kappa shape index (κ2) is 5.62. The van der Waals surface area contributed by atoms with Gasteiger partial charge in [0.25, 0.3) is 0 Å². The Hall–Kier alpha value is -1.64. The summed E-state index contributed by atoms with van der Waals surface area (Å²) in [6, 6.07) is 8.32. The van der Waals surface area contributed by atoms with Crippen LogP contribution < -0.4 is 0 Å². The summed E-state index contributed by atoms with van der Waals surface area (Å²) < 4.78 is 0. The molecular formula is C14H19N3. The van der Waals surface area contributed by atoms with Crippen molar-refractivity contribution in [3.63, 3.8) is 0 Å². The molecule has 1 N–H and O–H groups in total. The predicted octanol–water partition coefficient (Wildman–Crippen LogP) is 3.51. The van der Waals surface area contributed by atoms with E-state index in [9.17, 15) is 0 Å². The van der Waals surface area contributed by atoms with Crippen LogP contribution in [0.1, 0.15) is 37.4 Å². The summed E-state index contributed by atoms with van der Waals surface area (Å²) >= 11 is 0. The van der Waals surface area contributed by atoms with Crippen molar-refractivity contribution in [1.29, 1.82) is 0 Å². The second-order valence-electron chi connectivity index (χ2n) is 4.39. The minimum absolute atomic E-state index is 1.01. The molecule has 0 amide bonds. The van der Waals surface area contributed by atoms with Gasteiger partial charge in [0.05, 0.1) is 5.69 Å². The van der Waals surface area contributed by atoms with Gasteiger partial charge in [-0.1, -0.05) is 44.0 Å². The number of hydrogen-bond donors (Lipinski definition) is 1. The number of aryl methyl sites for hydroxylation is 2. The molecule has 0 fully saturated rings. The zero-order valence-corrected chi connectivity index (χ0v) is 10.5. The van der Waals surface area contributed by atoms with Crippen LogP contribution in [-0.4, -0.2) is 15.4 Å². The third kappa shape index (κ3) is 2.73. The Balaban J connectivity index is 2.22. The fourth-order valence-corrected chi connectivity index (χ4v) is 2.02. The first-order valence-corrected chi connectivity index (χ1v) is 6.28. The Kier molecular flexibility index (Phi) is 3.91. The number of unbranched alkanes of at least 4 members (excludes halogenated alkanes) is 2. The molecule has 1 aromatic carbocycles. The molecule has 2 aromatic rings. The molecule has 0 radical (unpaired) electrons. The highest BCUT2D eigenvalue weighted by Gasteiger charge is 2.11. The molecule has 0 aliphatic rings. The van der Waals surface area contributed by atoms with Crippen LogP contribution in [0.2, 0.25) is 0 Å². The highest BCUT2D eigenvalue weighted by molar-refractivity contribution is 5.64. The number of aromatic amines is 1. The molecule has 0 atom stereocenters. The highest BCUT2D eigenvalue weighted by Crippen LogP contribution is 2.24. The molecule has 0 aliphatic heterocycles. The van der Waals surface area contributed by atoms with E-state index < -0.39 is 0 Å². The maximum Gasteiger partial charge on any atom is 0.116 e. The van der Waals surface area contributed by atoms with Gasteiger partial charge in [0, 0.05) is 5.56 Å². The lowest BCUT2D eigenvalue weighted by Gasteiger charge is -2.04. The minimum Gasteiger partial charge on any atom is -0.197 e. The van der Waals surface area contributed by atoms with E-state index in [-0.39, 0.29) is 0 Å². The van der Waals surface area contributed by atoms with E-state index in [2.05, 4.69) is 47.5 Å². The molecule has 0 saturated heterocycles. The molecule has 1 heterocycles. The van der Waals surface area contributed by atoms with Crippen molar-refractivity contribution in [2.45, 2.75) is 39.5 Å². The second-order valence-corrected chi connectivity index (χ2v) is 4.39. The van der Waals surface area contributed by atoms with Crippen LogP contribution in [0.15, 0.2) is 24.3 Å². The maximum atomic E-state index is 4.29. The van der Waals surface area contributed by atoms with Crippen molar-refractivity contribution >= 4 is 0 Å². The van der Waals surface area contributed by atoms with E-state index in [0.717, 1.165) is 17.8 Å². The fraction of sp³-hybridized carbons (Fsp3) is 0.429. The molecule has 0 spiro atoms. The maximum absolute atomic E-state index is 4.29. The molecular weight excluding hydrogens is 210 g/mol. The highest BCUT2D eigenvalue weighted by atomic mass is 15.3. The zero-order chi connectivity index (χ0) is 12.1. The fourth-order valence-electron chi connectivity index (χ4n) is 2.02. The summed E-state index contributed by atoms with van der Waals surface area (Å²) in [6.45, 7) is 4.32. The third-order valence-electron chi connectivity index (χ3n) is 3.04. The number of nitrogens with zero attached hydrogens (tertiary/aromatic N) is 2. The first kappa shape index (κ1) is 11.8. The van der Waals surface area contributed by atoms with Crippen LogP contribution in [0.5, 0.6) is 0 Å². The van der Waals surface area contributed by atoms with Crippen LogP contribution in [0.4, 0.5) is 0 Å². The van der Waals surface area contributed by atoms with Crippen LogP contribution in [-0.2, 0) is 6.42 Å². The standard InChI is InChI=1S/C14H19N3/c1-3-4-5-10-13-14(16-17-15-13)12-9-7-6-8-11(12)2/h6-9H,3-5,10H2,1-2H3,(H,15,16,17). The quantitative estimate of drug-likeness (QED) is 0.797. The number of aromatic nitrogens is 3. The van der Waals surface area contributed by atoms with Crippen LogP contribution in [0, 0.1) is 6.92 Å². The van der Waals surface area contributed by atoms with Gasteiger partial charge in [0.2, 0.25) is 0 Å². The monoisotopic (exact) mass is 229 g/mol. The number of hydrogen-bond acceptors (Lipinski definition) is 2. The Morgan fingerprint density at radius 1 is 1.12 bits per heavy atom. The van der Waals surface area contributed by atoms with E-state index in [1.807, 2.05) is 6.07 Å². The number of rotatable bonds is 5. The topological polar surface area (TPSA) is 41.6 Å². The Bertz CT molecular complexity index is 474. The van der Waals surface area contributed by atoms with Gasteiger partial charge in [-0.25, -0.2) is 0 Å². The minimum atomic E-state index is 1.01. The summed E-state index contributed by atoms with van der Waals surface area (Å²) in [6.07, 6.45) is 4.67. The van der Waals surface area contributed by atoms with Gasteiger partial charge in [0.15, 0.2) is 0 Å². The molecule has 90 valence electrons. The predicted molar refractivity (Wildman–Crippen MR) is 69.8 cm³/mol. The van der Waals surface area contributed by atoms with Crippen molar-refractivity contribution in [2.24, 2.45) is 0 Å². The number of H-pyrrole nitrogens is 1. The van der Waals surface area contributed by atoms with E-state index in [1.165, 1.54) is 30.4 Å². The lowest BCUT2D eigenvalue weighted by Crippen LogP contribution is -1.91. The Morgan fingerprint density at radius 2 is 1.94 bits per heavy atom. The van der Waals surface area contributed by atoms with Crippen molar-refractivity contribution in [1.82, 2.24) is 15.4 Å². The van der Waals surface area contributed by atoms with Gasteiger partial charge >= 0.3 is 0 Å². The summed E-state index contributed by atoms with van der Waals surface area (Å²) in [4.78, 5) is 0. The largest absolute Gasteiger partial charge is 0.197 e. The molecule has 1 aromatic heterocycles. The summed E-state index contributed by atoms with van der Waals surface area (Å²) in [5, 5.41) is 11.3. The first-order chi connectivity index (χ1) is 8.33. The van der Waals surface area contributed by atoms with E-state index in [4.69, 9.17) is 0 Å². The molecule has 0 aliphatic carbocycles.